The van der Waals surface area contributed by atoms with Crippen molar-refractivity contribution in [2.75, 3.05) is 25.1 Å². The molecule has 3 heterocycles. The quantitative estimate of drug-likeness (QED) is 0.322. The Morgan fingerprint density at radius 2 is 1.76 bits per heavy atom. The van der Waals surface area contributed by atoms with E-state index >= 15 is 0 Å². The third-order valence-corrected chi connectivity index (χ3v) is 6.86. The van der Waals surface area contributed by atoms with Crippen molar-refractivity contribution >= 4 is 29.3 Å². The van der Waals surface area contributed by atoms with Gasteiger partial charge in [-0.2, -0.15) is 0 Å². The topological polar surface area (TPSA) is 82.1 Å². The summed E-state index contributed by atoms with van der Waals surface area (Å²) in [6, 6.07) is 15.3. The molecule has 1 aliphatic rings. The molecule has 0 amide bonds. The fourth-order valence-corrected chi connectivity index (χ4v) is 4.87. The zero-order valence-electron chi connectivity index (χ0n) is 18.3. The van der Waals surface area contributed by atoms with Crippen LogP contribution in [0.2, 0.25) is 5.02 Å². The highest BCUT2D eigenvalue weighted by Gasteiger charge is 2.26. The molecular weight excluding hydrogens is 460 g/mol. The van der Waals surface area contributed by atoms with Crippen LogP contribution in [-0.4, -0.2) is 45.2 Å². The fourth-order valence-electron chi connectivity index (χ4n) is 3.76. The molecule has 1 unspecified atom stereocenters. The number of hydrogen-bond donors (Lipinski definition) is 0. The molecule has 1 atom stereocenters. The van der Waals surface area contributed by atoms with Gasteiger partial charge in [0, 0.05) is 18.7 Å². The summed E-state index contributed by atoms with van der Waals surface area (Å²) in [5.41, 5.74) is 1.69. The zero-order valence-corrected chi connectivity index (χ0v) is 19.9. The molecule has 0 bridgehead atoms. The van der Waals surface area contributed by atoms with Crippen molar-refractivity contribution in [3.8, 4) is 22.9 Å². The monoisotopic (exact) mass is 482 g/mol. The van der Waals surface area contributed by atoms with Gasteiger partial charge in [-0.25, -0.2) is 0 Å². The van der Waals surface area contributed by atoms with Crippen LogP contribution < -0.4 is 9.64 Å². The van der Waals surface area contributed by atoms with Crippen LogP contribution in [0.25, 0.3) is 17.1 Å². The molecule has 33 heavy (non-hydrogen) atoms. The highest BCUT2D eigenvalue weighted by Crippen LogP contribution is 2.38. The van der Waals surface area contributed by atoms with Crippen LogP contribution in [-0.2, 0) is 0 Å². The van der Waals surface area contributed by atoms with E-state index in [1.165, 1.54) is 11.8 Å². The number of rotatable bonds is 7. The molecule has 2 aromatic carbocycles. The van der Waals surface area contributed by atoms with Crippen molar-refractivity contribution in [1.82, 2.24) is 25.0 Å². The van der Waals surface area contributed by atoms with E-state index in [2.05, 4.69) is 25.3 Å². The minimum absolute atomic E-state index is 0.138. The molecule has 1 saturated heterocycles. The predicted octanol–water partition coefficient (Wildman–Crippen LogP) is 5.43. The first-order chi connectivity index (χ1) is 16.1. The van der Waals surface area contributed by atoms with Gasteiger partial charge in [-0.3, -0.25) is 4.57 Å². The van der Waals surface area contributed by atoms with Crippen LogP contribution in [0.5, 0.6) is 5.75 Å². The van der Waals surface area contributed by atoms with E-state index in [0.29, 0.717) is 16.8 Å². The standard InChI is InChI=1S/C23H23ClN6O2S/c1-15(20-25-26-21(32-20)16-9-11-17(31-2)12-10-16)33-23-28-27-22(29-13-5-6-14-29)30(23)19-8-4-3-7-18(19)24/h3-4,7-12,15H,5-6,13-14H2,1-2H3. The van der Waals surface area contributed by atoms with Gasteiger partial charge < -0.3 is 14.1 Å². The molecule has 170 valence electrons. The van der Waals surface area contributed by atoms with Crippen molar-refractivity contribution < 1.29 is 9.15 Å². The summed E-state index contributed by atoms with van der Waals surface area (Å²) >= 11 is 8.07. The largest absolute Gasteiger partial charge is 0.497 e. The van der Waals surface area contributed by atoms with Crippen LogP contribution in [0, 0.1) is 0 Å². The molecular formula is C23H23ClN6O2S. The normalized spacial score (nSPS) is 14.6. The summed E-state index contributed by atoms with van der Waals surface area (Å²) < 4.78 is 13.2. The molecule has 5 rings (SSSR count). The van der Waals surface area contributed by atoms with Crippen molar-refractivity contribution in [3.63, 3.8) is 0 Å². The van der Waals surface area contributed by atoms with Crippen molar-refractivity contribution in [2.45, 2.75) is 30.2 Å². The maximum absolute atomic E-state index is 6.56. The van der Waals surface area contributed by atoms with Gasteiger partial charge in [0.05, 0.1) is 23.1 Å². The van der Waals surface area contributed by atoms with Gasteiger partial charge in [0.15, 0.2) is 5.16 Å². The van der Waals surface area contributed by atoms with Crippen LogP contribution >= 0.6 is 23.4 Å². The van der Waals surface area contributed by atoms with Gasteiger partial charge in [0.2, 0.25) is 17.7 Å². The Bertz CT molecular complexity index is 1240. The fraction of sp³-hybridized carbons (Fsp3) is 0.304. The third kappa shape index (κ3) is 4.43. The highest BCUT2D eigenvalue weighted by atomic mass is 35.5. The number of anilines is 1. The number of halogens is 1. The van der Waals surface area contributed by atoms with E-state index < -0.39 is 0 Å². The average molecular weight is 483 g/mol. The number of benzene rings is 2. The first kappa shape index (κ1) is 21.8. The summed E-state index contributed by atoms with van der Waals surface area (Å²) in [4.78, 5) is 2.25. The molecule has 0 aliphatic carbocycles. The highest BCUT2D eigenvalue weighted by molar-refractivity contribution is 7.99. The third-order valence-electron chi connectivity index (χ3n) is 5.51. The predicted molar refractivity (Wildman–Crippen MR) is 128 cm³/mol. The van der Waals surface area contributed by atoms with E-state index in [-0.39, 0.29) is 5.25 Å². The van der Waals surface area contributed by atoms with Crippen molar-refractivity contribution in [1.29, 1.82) is 0 Å². The Balaban J connectivity index is 1.43. The van der Waals surface area contributed by atoms with Gasteiger partial charge in [0.25, 0.3) is 0 Å². The average Bonchev–Trinajstić information content (AvgIpc) is 3.60. The summed E-state index contributed by atoms with van der Waals surface area (Å²) in [6.45, 7) is 3.92. The summed E-state index contributed by atoms with van der Waals surface area (Å²) in [5.74, 6) is 2.56. The van der Waals surface area contributed by atoms with Gasteiger partial charge in [-0.15, -0.1) is 20.4 Å². The number of para-hydroxylation sites is 1. The summed E-state index contributed by atoms with van der Waals surface area (Å²) in [5, 5.41) is 18.7. The van der Waals surface area contributed by atoms with E-state index in [9.17, 15) is 0 Å². The van der Waals surface area contributed by atoms with Gasteiger partial charge in [-0.05, 0) is 56.2 Å². The number of thioether (sulfide) groups is 1. The van der Waals surface area contributed by atoms with Crippen LogP contribution in [0.1, 0.15) is 30.9 Å². The van der Waals surface area contributed by atoms with Crippen LogP contribution in [0.4, 0.5) is 5.95 Å². The van der Waals surface area contributed by atoms with E-state index in [1.807, 2.05) is 60.0 Å². The molecule has 1 aliphatic heterocycles. The first-order valence-electron chi connectivity index (χ1n) is 10.7. The lowest BCUT2D eigenvalue weighted by Crippen LogP contribution is -2.22. The van der Waals surface area contributed by atoms with Crippen molar-refractivity contribution in [2.24, 2.45) is 0 Å². The smallest absolute Gasteiger partial charge is 0.247 e. The SMILES string of the molecule is COc1ccc(-c2nnc(C(C)Sc3nnc(N4CCCC4)n3-c3ccccc3Cl)o2)cc1. The molecule has 0 saturated carbocycles. The van der Waals surface area contributed by atoms with Gasteiger partial charge in [0.1, 0.15) is 5.75 Å². The minimum Gasteiger partial charge on any atom is -0.497 e. The summed E-state index contributed by atoms with van der Waals surface area (Å²) in [7, 11) is 1.63. The zero-order chi connectivity index (χ0) is 22.8. The number of aromatic nitrogens is 5. The Morgan fingerprint density at radius 1 is 1.00 bits per heavy atom. The first-order valence-corrected chi connectivity index (χ1v) is 12.0. The number of nitrogens with zero attached hydrogens (tertiary/aromatic N) is 6. The van der Waals surface area contributed by atoms with Gasteiger partial charge in [-0.1, -0.05) is 35.5 Å². The Kier molecular flexibility index (Phi) is 6.24. The lowest BCUT2D eigenvalue weighted by atomic mass is 10.2. The molecule has 8 nitrogen and oxygen atoms in total. The van der Waals surface area contributed by atoms with Crippen LogP contribution in [0.3, 0.4) is 0 Å². The lowest BCUT2D eigenvalue weighted by molar-refractivity contribution is 0.415. The molecule has 1 fully saturated rings. The Hall–Kier alpha value is -3.04. The lowest BCUT2D eigenvalue weighted by Gasteiger charge is -2.19. The van der Waals surface area contributed by atoms with E-state index in [1.54, 1.807) is 7.11 Å². The van der Waals surface area contributed by atoms with Gasteiger partial charge >= 0.3 is 0 Å². The van der Waals surface area contributed by atoms with E-state index in [4.69, 9.17) is 20.8 Å². The molecule has 0 N–H and O–H groups in total. The van der Waals surface area contributed by atoms with E-state index in [0.717, 1.165) is 54.0 Å². The number of hydrogen-bond acceptors (Lipinski definition) is 8. The molecule has 0 radical (unpaired) electrons. The molecule has 10 heteroatoms. The van der Waals surface area contributed by atoms with Crippen molar-refractivity contribution in [3.05, 3.63) is 59.4 Å². The molecule has 2 aromatic heterocycles. The number of methoxy groups -OCH3 is 1. The molecule has 0 spiro atoms. The summed E-state index contributed by atoms with van der Waals surface area (Å²) in [6.07, 6.45) is 2.29. The minimum atomic E-state index is -0.138. The Labute approximate surface area is 200 Å². The number of ether oxygens (including phenoxy) is 1. The maximum atomic E-state index is 6.56. The second-order valence-corrected chi connectivity index (χ2v) is 9.41. The second kappa shape index (κ2) is 9.44. The molecule has 4 aromatic rings. The maximum Gasteiger partial charge on any atom is 0.247 e. The Morgan fingerprint density at radius 3 is 2.48 bits per heavy atom. The van der Waals surface area contributed by atoms with Crippen LogP contribution in [0.15, 0.2) is 58.1 Å². The second-order valence-electron chi connectivity index (χ2n) is 7.70.